The molecule has 3 nitrogen and oxygen atoms in total. The molecule has 4 heteroatoms. The van der Waals surface area contributed by atoms with E-state index in [0.29, 0.717) is 17.6 Å². The van der Waals surface area contributed by atoms with Crippen LogP contribution in [0.4, 0.5) is 5.82 Å². The van der Waals surface area contributed by atoms with Crippen LogP contribution >= 0.6 is 11.6 Å². The van der Waals surface area contributed by atoms with Gasteiger partial charge in [0.25, 0.3) is 0 Å². The maximum absolute atomic E-state index is 5.92. The predicted molar refractivity (Wildman–Crippen MR) is 60.7 cm³/mol. The van der Waals surface area contributed by atoms with E-state index in [9.17, 15) is 0 Å². The van der Waals surface area contributed by atoms with Crippen LogP contribution in [0.1, 0.15) is 19.4 Å². The first-order chi connectivity index (χ1) is 6.56. The van der Waals surface area contributed by atoms with E-state index in [-0.39, 0.29) is 0 Å². The maximum atomic E-state index is 5.92. The lowest BCUT2D eigenvalue weighted by Gasteiger charge is -2.23. The third-order valence-electron chi connectivity index (χ3n) is 2.28. The van der Waals surface area contributed by atoms with E-state index in [0.717, 1.165) is 11.4 Å². The highest BCUT2D eigenvalue weighted by Crippen LogP contribution is 2.20. The number of hydrogen-bond acceptors (Lipinski definition) is 3. The van der Waals surface area contributed by atoms with Gasteiger partial charge < -0.3 is 10.6 Å². The minimum absolute atomic E-state index is 0.411. The summed E-state index contributed by atoms with van der Waals surface area (Å²) in [6, 6.07) is 2.34. The van der Waals surface area contributed by atoms with Gasteiger partial charge in [-0.15, -0.1) is 0 Å². The molecule has 78 valence electrons. The third-order valence-corrected chi connectivity index (χ3v) is 2.62. The largest absolute Gasteiger partial charge is 0.357 e. The zero-order chi connectivity index (χ0) is 10.7. The monoisotopic (exact) mass is 213 g/mol. The van der Waals surface area contributed by atoms with Gasteiger partial charge in [-0.2, -0.15) is 0 Å². The molecule has 0 aliphatic heterocycles. The summed E-state index contributed by atoms with van der Waals surface area (Å²) in [6.45, 7) is 4.66. The Hall–Kier alpha value is -0.800. The number of nitrogens with zero attached hydrogens (tertiary/aromatic N) is 2. The van der Waals surface area contributed by atoms with Crippen LogP contribution in [0, 0.1) is 0 Å². The lowest BCUT2D eigenvalue weighted by atomic mass is 10.2. The van der Waals surface area contributed by atoms with E-state index >= 15 is 0 Å². The van der Waals surface area contributed by atoms with Crippen LogP contribution in [0.3, 0.4) is 0 Å². The quantitative estimate of drug-likeness (QED) is 0.836. The molecule has 14 heavy (non-hydrogen) atoms. The second-order valence-electron chi connectivity index (χ2n) is 3.54. The van der Waals surface area contributed by atoms with Crippen molar-refractivity contribution < 1.29 is 0 Å². The van der Waals surface area contributed by atoms with Crippen LogP contribution in [0.2, 0.25) is 5.02 Å². The highest BCUT2D eigenvalue weighted by Gasteiger charge is 2.08. The second kappa shape index (κ2) is 4.62. The van der Waals surface area contributed by atoms with Crippen molar-refractivity contribution in [2.45, 2.75) is 26.4 Å². The summed E-state index contributed by atoms with van der Waals surface area (Å²) >= 11 is 5.92. The number of aromatic nitrogens is 1. The number of halogens is 1. The Balaban J connectivity index is 3.00. The van der Waals surface area contributed by atoms with Gasteiger partial charge in [-0.3, -0.25) is 0 Å². The first-order valence-corrected chi connectivity index (χ1v) is 5.01. The summed E-state index contributed by atoms with van der Waals surface area (Å²) in [5, 5.41) is 0.633. The van der Waals surface area contributed by atoms with Crippen molar-refractivity contribution in [2.24, 2.45) is 5.73 Å². The van der Waals surface area contributed by atoms with E-state index in [1.54, 1.807) is 6.20 Å². The van der Waals surface area contributed by atoms with Crippen molar-refractivity contribution in [1.29, 1.82) is 0 Å². The average Bonchev–Trinajstić information content (AvgIpc) is 2.17. The Morgan fingerprint density at radius 2 is 2.21 bits per heavy atom. The normalized spacial score (nSPS) is 10.7. The van der Waals surface area contributed by atoms with Gasteiger partial charge in [0.15, 0.2) is 0 Å². The third kappa shape index (κ3) is 2.36. The molecule has 0 spiro atoms. The molecular formula is C10H16ClN3. The molecule has 0 unspecified atom stereocenters. The fraction of sp³-hybridized carbons (Fsp3) is 0.500. The molecule has 2 N–H and O–H groups in total. The van der Waals surface area contributed by atoms with Gasteiger partial charge in [-0.05, 0) is 25.5 Å². The molecule has 0 aliphatic rings. The Bertz CT molecular complexity index is 312. The van der Waals surface area contributed by atoms with Gasteiger partial charge in [0, 0.05) is 25.8 Å². The molecule has 0 aromatic carbocycles. The Kier molecular flexibility index (Phi) is 3.72. The topological polar surface area (TPSA) is 42.1 Å². The molecule has 0 saturated carbocycles. The molecular weight excluding hydrogens is 198 g/mol. The fourth-order valence-electron chi connectivity index (χ4n) is 1.08. The minimum Gasteiger partial charge on any atom is -0.357 e. The number of anilines is 1. The predicted octanol–water partition coefficient (Wildman–Crippen LogP) is 2.04. The number of nitrogens with two attached hydrogens (primary N) is 1. The second-order valence-corrected chi connectivity index (χ2v) is 3.95. The summed E-state index contributed by atoms with van der Waals surface area (Å²) in [6.07, 6.45) is 1.65. The first-order valence-electron chi connectivity index (χ1n) is 4.63. The van der Waals surface area contributed by atoms with Crippen molar-refractivity contribution in [2.75, 3.05) is 11.9 Å². The standard InChI is InChI=1S/C10H16ClN3/c1-7(2)14(3)10-4-8(5-12)9(11)6-13-10/h4,6-7H,5,12H2,1-3H3. The van der Waals surface area contributed by atoms with Gasteiger partial charge in [0.05, 0.1) is 5.02 Å². The average molecular weight is 214 g/mol. The van der Waals surface area contributed by atoms with Crippen LogP contribution in [0.25, 0.3) is 0 Å². The van der Waals surface area contributed by atoms with E-state index in [2.05, 4.69) is 23.7 Å². The Labute approximate surface area is 89.9 Å². The van der Waals surface area contributed by atoms with Crippen molar-refractivity contribution in [3.8, 4) is 0 Å². The van der Waals surface area contributed by atoms with Crippen molar-refractivity contribution >= 4 is 17.4 Å². The van der Waals surface area contributed by atoms with Gasteiger partial charge in [-0.1, -0.05) is 11.6 Å². The molecule has 1 heterocycles. The van der Waals surface area contributed by atoms with E-state index < -0.39 is 0 Å². The molecule has 0 fully saturated rings. The minimum atomic E-state index is 0.411. The van der Waals surface area contributed by atoms with Crippen molar-refractivity contribution in [3.63, 3.8) is 0 Å². The lowest BCUT2D eigenvalue weighted by Crippen LogP contribution is -2.26. The van der Waals surface area contributed by atoms with Gasteiger partial charge >= 0.3 is 0 Å². The molecule has 0 bridgehead atoms. The van der Waals surface area contributed by atoms with E-state index in [1.807, 2.05) is 13.1 Å². The molecule has 1 aromatic rings. The smallest absolute Gasteiger partial charge is 0.128 e. The van der Waals surface area contributed by atoms with Crippen molar-refractivity contribution in [3.05, 3.63) is 22.8 Å². The van der Waals surface area contributed by atoms with E-state index in [1.165, 1.54) is 0 Å². The zero-order valence-corrected chi connectivity index (χ0v) is 9.54. The summed E-state index contributed by atoms with van der Waals surface area (Å²) in [5.74, 6) is 0.907. The zero-order valence-electron chi connectivity index (χ0n) is 8.79. The maximum Gasteiger partial charge on any atom is 0.128 e. The lowest BCUT2D eigenvalue weighted by molar-refractivity contribution is 0.742. The molecule has 0 aliphatic carbocycles. The number of rotatable bonds is 3. The Morgan fingerprint density at radius 3 is 2.71 bits per heavy atom. The van der Waals surface area contributed by atoms with E-state index in [4.69, 9.17) is 17.3 Å². The Morgan fingerprint density at radius 1 is 1.57 bits per heavy atom. The van der Waals surface area contributed by atoms with Crippen LogP contribution in [-0.2, 0) is 6.54 Å². The molecule has 0 atom stereocenters. The first kappa shape index (κ1) is 11.3. The molecule has 1 rings (SSSR count). The summed E-state index contributed by atoms with van der Waals surface area (Å²) < 4.78 is 0. The van der Waals surface area contributed by atoms with Crippen LogP contribution in [-0.4, -0.2) is 18.1 Å². The molecule has 0 saturated heterocycles. The van der Waals surface area contributed by atoms with Gasteiger partial charge in [0.1, 0.15) is 5.82 Å². The van der Waals surface area contributed by atoms with Crippen molar-refractivity contribution in [1.82, 2.24) is 4.98 Å². The summed E-state index contributed by atoms with van der Waals surface area (Å²) in [7, 11) is 2.00. The van der Waals surface area contributed by atoms with Crippen LogP contribution < -0.4 is 10.6 Å². The van der Waals surface area contributed by atoms with Crippen LogP contribution in [0.15, 0.2) is 12.3 Å². The van der Waals surface area contributed by atoms with Gasteiger partial charge in [0.2, 0.25) is 0 Å². The SMILES string of the molecule is CC(C)N(C)c1cc(CN)c(Cl)cn1. The van der Waals surface area contributed by atoms with Gasteiger partial charge in [-0.25, -0.2) is 4.98 Å². The van der Waals surface area contributed by atoms with Crippen LogP contribution in [0.5, 0.6) is 0 Å². The molecule has 0 amide bonds. The summed E-state index contributed by atoms with van der Waals surface area (Å²) in [5.41, 5.74) is 6.50. The highest BCUT2D eigenvalue weighted by molar-refractivity contribution is 6.31. The number of pyridine rings is 1. The highest BCUT2D eigenvalue weighted by atomic mass is 35.5. The summed E-state index contributed by atoms with van der Waals surface area (Å²) in [4.78, 5) is 6.33. The number of hydrogen-bond donors (Lipinski definition) is 1. The molecule has 1 aromatic heterocycles. The molecule has 0 radical (unpaired) electrons. The fourth-order valence-corrected chi connectivity index (χ4v) is 1.26.